The molecule has 2 heterocycles. The Labute approximate surface area is 191 Å². The number of nitrogens with one attached hydrogen (secondary N) is 2. The molecule has 3 aromatic carbocycles. The summed E-state index contributed by atoms with van der Waals surface area (Å²) in [4.78, 5) is 25.0. The number of aromatic nitrogens is 1. The van der Waals surface area contributed by atoms with Crippen molar-refractivity contribution in [3.63, 3.8) is 0 Å². The predicted molar refractivity (Wildman–Crippen MR) is 130 cm³/mol. The molecular weight excluding hydrogens is 414 g/mol. The number of carbonyl (C=O) groups is 2. The zero-order chi connectivity index (χ0) is 22.9. The predicted octanol–water partition coefficient (Wildman–Crippen LogP) is 5.60. The van der Waals surface area contributed by atoms with Crippen molar-refractivity contribution < 1.29 is 14.3 Å². The van der Waals surface area contributed by atoms with Gasteiger partial charge in [-0.25, -0.2) is 4.79 Å². The van der Waals surface area contributed by atoms with Gasteiger partial charge in [0.2, 0.25) is 5.78 Å². The molecule has 0 fully saturated rings. The van der Waals surface area contributed by atoms with Crippen molar-refractivity contribution in [1.29, 1.82) is 0 Å². The lowest BCUT2D eigenvalue weighted by molar-refractivity contribution is 0.101. The summed E-state index contributed by atoms with van der Waals surface area (Å²) in [6, 6.07) is 21.1. The molecule has 33 heavy (non-hydrogen) atoms. The molecule has 0 saturated carbocycles. The standard InChI is InChI=1S/C27H23N3O3/c1-3-28-27(32)29-19-12-13-23-21(15-19)26(31)24(33-23)14-18-16-30(2)22-11-7-10-20(25(18)22)17-8-5-4-6-9-17/h4-16H,3H2,1-2H3,(H2,28,29,32)/b24-14-. The Kier molecular flexibility index (Phi) is 5.18. The Morgan fingerprint density at radius 1 is 1.03 bits per heavy atom. The number of amides is 2. The molecule has 164 valence electrons. The van der Waals surface area contributed by atoms with Gasteiger partial charge in [-0.05, 0) is 48.4 Å². The normalized spacial score (nSPS) is 13.8. The Hall–Kier alpha value is -4.32. The minimum absolute atomic E-state index is 0.209. The van der Waals surface area contributed by atoms with E-state index >= 15 is 0 Å². The number of urea groups is 1. The second-order valence-corrected chi connectivity index (χ2v) is 7.90. The zero-order valence-electron chi connectivity index (χ0n) is 18.4. The van der Waals surface area contributed by atoms with E-state index in [-0.39, 0.29) is 17.6 Å². The summed E-state index contributed by atoms with van der Waals surface area (Å²) < 4.78 is 7.96. The van der Waals surface area contributed by atoms with E-state index in [0.717, 1.165) is 27.6 Å². The van der Waals surface area contributed by atoms with Gasteiger partial charge in [0.25, 0.3) is 0 Å². The Balaban J connectivity index is 1.54. The van der Waals surface area contributed by atoms with Gasteiger partial charge in [-0.15, -0.1) is 0 Å². The van der Waals surface area contributed by atoms with Gasteiger partial charge < -0.3 is 19.9 Å². The molecule has 0 atom stereocenters. The van der Waals surface area contributed by atoms with Crippen molar-refractivity contribution in [2.45, 2.75) is 6.92 Å². The first-order valence-corrected chi connectivity index (χ1v) is 10.8. The monoisotopic (exact) mass is 437 g/mol. The molecule has 5 rings (SSSR count). The van der Waals surface area contributed by atoms with Crippen LogP contribution in [-0.4, -0.2) is 22.9 Å². The first-order valence-electron chi connectivity index (χ1n) is 10.8. The molecule has 0 spiro atoms. The van der Waals surface area contributed by atoms with Crippen molar-refractivity contribution in [2.24, 2.45) is 7.05 Å². The van der Waals surface area contributed by atoms with Gasteiger partial charge in [0.1, 0.15) is 5.75 Å². The highest BCUT2D eigenvalue weighted by atomic mass is 16.5. The minimum Gasteiger partial charge on any atom is -0.452 e. The molecule has 0 saturated heterocycles. The highest BCUT2D eigenvalue weighted by Gasteiger charge is 2.28. The average molecular weight is 437 g/mol. The Morgan fingerprint density at radius 3 is 2.64 bits per heavy atom. The number of carbonyl (C=O) groups excluding carboxylic acids is 2. The largest absolute Gasteiger partial charge is 0.452 e. The topological polar surface area (TPSA) is 72.4 Å². The van der Waals surface area contributed by atoms with Crippen LogP contribution in [0.2, 0.25) is 0 Å². The van der Waals surface area contributed by atoms with Crippen LogP contribution >= 0.6 is 0 Å². The van der Waals surface area contributed by atoms with Crippen molar-refractivity contribution in [1.82, 2.24) is 9.88 Å². The number of aryl methyl sites for hydroxylation is 1. The Morgan fingerprint density at radius 2 is 1.85 bits per heavy atom. The summed E-state index contributed by atoms with van der Waals surface area (Å²) in [6.07, 6.45) is 3.81. The van der Waals surface area contributed by atoms with E-state index in [1.54, 1.807) is 24.3 Å². The lowest BCUT2D eigenvalue weighted by Crippen LogP contribution is -2.28. The molecule has 0 radical (unpaired) electrons. The number of allylic oxidation sites excluding steroid dienone is 1. The van der Waals surface area contributed by atoms with Gasteiger partial charge in [0.15, 0.2) is 5.76 Å². The SMILES string of the molecule is CCNC(=O)Nc1ccc2c(c1)C(=O)/C(=C/c1cn(C)c3cccc(-c4ccccc4)c13)O2. The third-order valence-electron chi connectivity index (χ3n) is 5.68. The van der Waals surface area contributed by atoms with Crippen LogP contribution in [0.25, 0.3) is 28.1 Å². The molecule has 0 bridgehead atoms. The van der Waals surface area contributed by atoms with E-state index < -0.39 is 0 Å². The van der Waals surface area contributed by atoms with E-state index in [2.05, 4.69) is 39.5 Å². The van der Waals surface area contributed by atoms with Crippen LogP contribution < -0.4 is 15.4 Å². The molecule has 1 aliphatic rings. The smallest absolute Gasteiger partial charge is 0.319 e. The number of Topliss-reactive ketones (excluding diaryl/α,β-unsaturated/α-hetero) is 1. The molecule has 2 N–H and O–H groups in total. The van der Waals surface area contributed by atoms with Crippen molar-refractivity contribution >= 4 is 34.5 Å². The number of nitrogens with zero attached hydrogens (tertiary/aromatic N) is 1. The number of hydrogen-bond acceptors (Lipinski definition) is 3. The van der Waals surface area contributed by atoms with E-state index in [0.29, 0.717) is 23.5 Å². The Bertz CT molecular complexity index is 1420. The van der Waals surface area contributed by atoms with Crippen LogP contribution in [0.3, 0.4) is 0 Å². The van der Waals surface area contributed by atoms with Crippen LogP contribution in [0.4, 0.5) is 10.5 Å². The molecule has 1 aliphatic heterocycles. The number of rotatable bonds is 4. The summed E-state index contributed by atoms with van der Waals surface area (Å²) in [5, 5.41) is 6.46. The molecule has 0 aliphatic carbocycles. The summed E-state index contributed by atoms with van der Waals surface area (Å²) in [7, 11) is 1.99. The van der Waals surface area contributed by atoms with E-state index in [1.165, 1.54) is 0 Å². The summed E-state index contributed by atoms with van der Waals surface area (Å²) in [5.74, 6) is 0.533. The fourth-order valence-electron chi connectivity index (χ4n) is 4.19. The third kappa shape index (κ3) is 3.76. The second-order valence-electron chi connectivity index (χ2n) is 7.90. The van der Waals surface area contributed by atoms with Gasteiger partial charge in [-0.2, -0.15) is 0 Å². The lowest BCUT2D eigenvalue weighted by atomic mass is 9.98. The maximum atomic E-state index is 13.1. The first kappa shape index (κ1) is 20.6. The number of benzene rings is 3. The number of hydrogen-bond donors (Lipinski definition) is 2. The second kappa shape index (κ2) is 8.31. The third-order valence-corrected chi connectivity index (χ3v) is 5.68. The zero-order valence-corrected chi connectivity index (χ0v) is 18.4. The summed E-state index contributed by atoms with van der Waals surface area (Å²) >= 11 is 0. The van der Waals surface area contributed by atoms with Gasteiger partial charge in [-0.3, -0.25) is 4.79 Å². The van der Waals surface area contributed by atoms with Crippen LogP contribution in [0, 0.1) is 0 Å². The van der Waals surface area contributed by atoms with E-state index in [4.69, 9.17) is 4.74 Å². The minimum atomic E-state index is -0.316. The molecule has 2 amide bonds. The van der Waals surface area contributed by atoms with E-state index in [9.17, 15) is 9.59 Å². The molecule has 4 aromatic rings. The van der Waals surface area contributed by atoms with Crippen LogP contribution in [0.5, 0.6) is 5.75 Å². The first-order chi connectivity index (χ1) is 16.0. The summed E-state index contributed by atoms with van der Waals surface area (Å²) in [5.41, 5.74) is 5.14. The van der Waals surface area contributed by atoms with Crippen molar-refractivity contribution in [3.8, 4) is 16.9 Å². The van der Waals surface area contributed by atoms with Crippen molar-refractivity contribution in [2.75, 3.05) is 11.9 Å². The van der Waals surface area contributed by atoms with Gasteiger partial charge in [-0.1, -0.05) is 42.5 Å². The highest BCUT2D eigenvalue weighted by molar-refractivity contribution is 6.16. The van der Waals surface area contributed by atoms with Crippen LogP contribution in [0.15, 0.2) is 78.7 Å². The molecule has 6 heteroatoms. The maximum absolute atomic E-state index is 13.1. The fraction of sp³-hybridized carbons (Fsp3) is 0.111. The van der Waals surface area contributed by atoms with Crippen LogP contribution in [-0.2, 0) is 7.05 Å². The van der Waals surface area contributed by atoms with Crippen LogP contribution in [0.1, 0.15) is 22.8 Å². The summed E-state index contributed by atoms with van der Waals surface area (Å²) in [6.45, 7) is 2.36. The molecular formula is C27H23N3O3. The number of fused-ring (bicyclic) bond motifs is 2. The average Bonchev–Trinajstić information content (AvgIpc) is 3.31. The number of ether oxygens (including phenoxy) is 1. The maximum Gasteiger partial charge on any atom is 0.319 e. The lowest BCUT2D eigenvalue weighted by Gasteiger charge is -2.06. The van der Waals surface area contributed by atoms with Gasteiger partial charge in [0, 0.05) is 41.9 Å². The van der Waals surface area contributed by atoms with Crippen molar-refractivity contribution in [3.05, 3.63) is 89.8 Å². The molecule has 6 nitrogen and oxygen atoms in total. The molecule has 0 unspecified atom stereocenters. The molecule has 1 aromatic heterocycles. The fourth-order valence-corrected chi connectivity index (χ4v) is 4.19. The van der Waals surface area contributed by atoms with E-state index in [1.807, 2.05) is 44.4 Å². The van der Waals surface area contributed by atoms with Gasteiger partial charge in [0.05, 0.1) is 5.56 Å². The highest BCUT2D eigenvalue weighted by Crippen LogP contribution is 2.37. The number of anilines is 1. The number of ketones is 1. The van der Waals surface area contributed by atoms with Gasteiger partial charge >= 0.3 is 6.03 Å². The quantitative estimate of drug-likeness (QED) is 0.408.